The van der Waals surface area contributed by atoms with Crippen molar-refractivity contribution in [3.8, 4) is 5.75 Å². The lowest BCUT2D eigenvalue weighted by Crippen LogP contribution is -2.24. The third-order valence-electron chi connectivity index (χ3n) is 4.30. The highest BCUT2D eigenvalue weighted by atomic mass is 16.3. The summed E-state index contributed by atoms with van der Waals surface area (Å²) in [5, 5.41) is 16.2. The first-order chi connectivity index (χ1) is 10.6. The molecule has 1 saturated carbocycles. The summed E-state index contributed by atoms with van der Waals surface area (Å²) in [5.41, 5.74) is 3.89. The summed E-state index contributed by atoms with van der Waals surface area (Å²) in [6.07, 6.45) is 4.40. The van der Waals surface area contributed by atoms with Gasteiger partial charge in [-0.2, -0.15) is 5.10 Å². The van der Waals surface area contributed by atoms with Crippen LogP contribution in [0.25, 0.3) is 10.8 Å². The zero-order chi connectivity index (χ0) is 15.5. The topological polar surface area (TPSA) is 61.7 Å². The maximum atomic E-state index is 12.3. The van der Waals surface area contributed by atoms with Crippen molar-refractivity contribution < 1.29 is 9.90 Å². The van der Waals surface area contributed by atoms with E-state index in [1.807, 2.05) is 24.3 Å². The lowest BCUT2D eigenvalue weighted by molar-refractivity contribution is 0.0952. The van der Waals surface area contributed by atoms with Gasteiger partial charge in [0.05, 0.1) is 5.56 Å². The molecule has 22 heavy (non-hydrogen) atoms. The molecule has 3 rings (SSSR count). The Labute approximate surface area is 129 Å². The molecule has 0 saturated heterocycles. The van der Waals surface area contributed by atoms with E-state index in [9.17, 15) is 9.90 Å². The number of fused-ring (bicyclic) bond motifs is 1. The van der Waals surface area contributed by atoms with Gasteiger partial charge in [0.15, 0.2) is 0 Å². The molecular weight excluding hydrogens is 276 g/mol. The molecule has 2 aromatic rings. The molecule has 0 unspecified atom stereocenters. The van der Waals surface area contributed by atoms with Crippen molar-refractivity contribution in [3.05, 3.63) is 42.0 Å². The van der Waals surface area contributed by atoms with E-state index >= 15 is 0 Å². The first-order valence-corrected chi connectivity index (χ1v) is 7.73. The van der Waals surface area contributed by atoms with Gasteiger partial charge >= 0.3 is 0 Å². The van der Waals surface area contributed by atoms with E-state index in [0.29, 0.717) is 5.92 Å². The standard InChI is InChI=1S/C18H20N2O2/c1-12-6-2-5-9-16(12)19-20-18(22)15-10-13-7-3-4-8-14(13)11-17(15)21/h3-4,7-8,10-12,21H,2,5-6,9H2,1H3,(H,20,22)/b19-16-/t12-/m0/s1. The summed E-state index contributed by atoms with van der Waals surface area (Å²) < 4.78 is 0. The lowest BCUT2D eigenvalue weighted by atomic mass is 9.89. The molecule has 0 aliphatic heterocycles. The average Bonchev–Trinajstić information content (AvgIpc) is 2.53. The number of hydrogen-bond donors (Lipinski definition) is 2. The van der Waals surface area contributed by atoms with Gasteiger partial charge in [-0.1, -0.05) is 37.6 Å². The van der Waals surface area contributed by atoms with E-state index in [2.05, 4.69) is 17.5 Å². The summed E-state index contributed by atoms with van der Waals surface area (Å²) in [5.74, 6) is 0.0286. The maximum Gasteiger partial charge on any atom is 0.275 e. The van der Waals surface area contributed by atoms with Gasteiger partial charge in [0.2, 0.25) is 0 Å². The highest BCUT2D eigenvalue weighted by Gasteiger charge is 2.17. The van der Waals surface area contributed by atoms with Gasteiger partial charge in [0.25, 0.3) is 5.91 Å². The van der Waals surface area contributed by atoms with Crippen LogP contribution in [0, 0.1) is 5.92 Å². The maximum absolute atomic E-state index is 12.3. The molecule has 2 N–H and O–H groups in total. The SMILES string of the molecule is C[C@H]1CCCC/C1=N/NC(=O)c1cc2ccccc2cc1O. The number of carbonyl (C=O) groups excluding carboxylic acids is 1. The van der Waals surface area contributed by atoms with E-state index in [0.717, 1.165) is 35.7 Å². The second-order valence-electron chi connectivity index (χ2n) is 5.91. The first kappa shape index (κ1) is 14.6. The fourth-order valence-corrected chi connectivity index (χ4v) is 2.93. The van der Waals surface area contributed by atoms with Crippen molar-refractivity contribution in [1.29, 1.82) is 0 Å². The molecule has 4 nitrogen and oxygen atoms in total. The second kappa shape index (κ2) is 6.18. The van der Waals surface area contributed by atoms with Gasteiger partial charge in [-0.15, -0.1) is 0 Å². The van der Waals surface area contributed by atoms with Crippen LogP contribution >= 0.6 is 0 Å². The molecule has 1 fully saturated rings. The third-order valence-corrected chi connectivity index (χ3v) is 4.30. The van der Waals surface area contributed by atoms with Crippen LogP contribution in [0.2, 0.25) is 0 Å². The van der Waals surface area contributed by atoms with Crippen LogP contribution in [0.4, 0.5) is 0 Å². The summed E-state index contributed by atoms with van der Waals surface area (Å²) in [4.78, 5) is 12.3. The van der Waals surface area contributed by atoms with Crippen molar-refractivity contribution in [2.45, 2.75) is 32.6 Å². The Morgan fingerprint density at radius 3 is 2.68 bits per heavy atom. The summed E-state index contributed by atoms with van der Waals surface area (Å²) >= 11 is 0. The van der Waals surface area contributed by atoms with Crippen molar-refractivity contribution in [2.24, 2.45) is 11.0 Å². The second-order valence-corrected chi connectivity index (χ2v) is 5.91. The molecule has 0 spiro atoms. The molecule has 1 aliphatic rings. The Morgan fingerprint density at radius 2 is 1.95 bits per heavy atom. The van der Waals surface area contributed by atoms with Gasteiger partial charge in [0, 0.05) is 5.71 Å². The molecule has 0 aromatic heterocycles. The molecule has 2 aromatic carbocycles. The quantitative estimate of drug-likeness (QED) is 0.827. The van der Waals surface area contributed by atoms with E-state index in [1.54, 1.807) is 12.1 Å². The Balaban J connectivity index is 1.83. The van der Waals surface area contributed by atoms with Gasteiger partial charge < -0.3 is 5.11 Å². The van der Waals surface area contributed by atoms with E-state index in [1.165, 1.54) is 6.42 Å². The summed E-state index contributed by atoms with van der Waals surface area (Å²) in [7, 11) is 0. The Bertz CT molecular complexity index is 737. The molecule has 1 aliphatic carbocycles. The number of phenolic OH excluding ortho intramolecular Hbond substituents is 1. The molecule has 0 heterocycles. The molecular formula is C18H20N2O2. The molecule has 1 amide bonds. The number of nitrogens with one attached hydrogen (secondary N) is 1. The zero-order valence-electron chi connectivity index (χ0n) is 12.7. The summed E-state index contributed by atoms with van der Waals surface area (Å²) in [6, 6.07) is 10.9. The minimum Gasteiger partial charge on any atom is -0.507 e. The van der Waals surface area contributed by atoms with Crippen LogP contribution in [0.15, 0.2) is 41.5 Å². The molecule has 0 bridgehead atoms. The molecule has 4 heteroatoms. The van der Waals surface area contributed by atoms with Gasteiger partial charge in [0.1, 0.15) is 5.75 Å². The molecule has 114 valence electrons. The van der Waals surface area contributed by atoms with Gasteiger partial charge in [-0.3, -0.25) is 4.79 Å². The Hall–Kier alpha value is -2.36. The number of hydrogen-bond acceptors (Lipinski definition) is 3. The first-order valence-electron chi connectivity index (χ1n) is 7.73. The number of hydrazone groups is 1. The number of nitrogens with zero attached hydrogens (tertiary/aromatic N) is 1. The van der Waals surface area contributed by atoms with E-state index < -0.39 is 0 Å². The van der Waals surface area contributed by atoms with Crippen LogP contribution in [0.3, 0.4) is 0 Å². The van der Waals surface area contributed by atoms with E-state index in [4.69, 9.17) is 0 Å². The minimum absolute atomic E-state index is 0.0203. The van der Waals surface area contributed by atoms with Crippen LogP contribution in [0.1, 0.15) is 43.0 Å². The monoisotopic (exact) mass is 296 g/mol. The van der Waals surface area contributed by atoms with Crippen molar-refractivity contribution in [2.75, 3.05) is 0 Å². The lowest BCUT2D eigenvalue weighted by Gasteiger charge is -2.19. The fraction of sp³-hybridized carbons (Fsp3) is 0.333. The van der Waals surface area contributed by atoms with Crippen molar-refractivity contribution in [1.82, 2.24) is 5.43 Å². The van der Waals surface area contributed by atoms with Crippen LogP contribution in [-0.2, 0) is 0 Å². The molecule has 0 radical (unpaired) electrons. The number of rotatable bonds is 2. The number of benzene rings is 2. The van der Waals surface area contributed by atoms with Crippen LogP contribution in [-0.4, -0.2) is 16.7 Å². The number of carbonyl (C=O) groups is 1. The Morgan fingerprint density at radius 1 is 1.23 bits per heavy atom. The van der Waals surface area contributed by atoms with Crippen molar-refractivity contribution >= 4 is 22.4 Å². The largest absolute Gasteiger partial charge is 0.507 e. The highest BCUT2D eigenvalue weighted by molar-refractivity contribution is 6.02. The fourth-order valence-electron chi connectivity index (χ4n) is 2.93. The van der Waals surface area contributed by atoms with Gasteiger partial charge in [-0.05, 0) is 48.1 Å². The number of aromatic hydroxyl groups is 1. The number of phenols is 1. The van der Waals surface area contributed by atoms with Gasteiger partial charge in [-0.25, -0.2) is 5.43 Å². The van der Waals surface area contributed by atoms with E-state index in [-0.39, 0.29) is 17.2 Å². The smallest absolute Gasteiger partial charge is 0.275 e. The number of amides is 1. The van der Waals surface area contributed by atoms with Crippen LogP contribution < -0.4 is 5.43 Å². The minimum atomic E-state index is -0.367. The van der Waals surface area contributed by atoms with Crippen LogP contribution in [0.5, 0.6) is 5.75 Å². The molecule has 1 atom stereocenters. The predicted molar refractivity (Wildman–Crippen MR) is 88.1 cm³/mol. The Kier molecular flexibility index (Phi) is 4.09. The predicted octanol–water partition coefficient (Wildman–Crippen LogP) is 3.84. The highest BCUT2D eigenvalue weighted by Crippen LogP contribution is 2.25. The average molecular weight is 296 g/mol. The normalized spacial score (nSPS) is 20.2. The zero-order valence-corrected chi connectivity index (χ0v) is 12.7. The van der Waals surface area contributed by atoms with Crippen molar-refractivity contribution in [3.63, 3.8) is 0 Å². The summed E-state index contributed by atoms with van der Waals surface area (Å²) in [6.45, 7) is 2.14. The third kappa shape index (κ3) is 2.96.